The van der Waals surface area contributed by atoms with Gasteiger partial charge in [-0.2, -0.15) is 0 Å². The fourth-order valence-corrected chi connectivity index (χ4v) is 2.34. The summed E-state index contributed by atoms with van der Waals surface area (Å²) < 4.78 is 0. The van der Waals surface area contributed by atoms with Crippen LogP contribution in [0.15, 0.2) is 29.7 Å². The lowest BCUT2D eigenvalue weighted by Crippen LogP contribution is -2.25. The summed E-state index contributed by atoms with van der Waals surface area (Å²) >= 11 is 0. The number of pyridine rings is 1. The number of hydrogen-bond donors (Lipinski definition) is 1. The average molecular weight is 203 g/mol. The van der Waals surface area contributed by atoms with E-state index < -0.39 is 0 Å². The van der Waals surface area contributed by atoms with E-state index in [1.807, 2.05) is 6.08 Å². The minimum absolute atomic E-state index is 0.185. The molecule has 0 aliphatic heterocycles. The SMILES string of the molecule is C=CC(C)C1CCc2[nH]ccc(=O)c2C1. The molecule has 0 fully saturated rings. The Kier molecular flexibility index (Phi) is 2.76. The van der Waals surface area contributed by atoms with Crippen molar-refractivity contribution in [2.75, 3.05) is 0 Å². The molecule has 1 N–H and O–H groups in total. The van der Waals surface area contributed by atoms with Crippen molar-refractivity contribution in [1.29, 1.82) is 0 Å². The van der Waals surface area contributed by atoms with E-state index in [-0.39, 0.29) is 5.43 Å². The second kappa shape index (κ2) is 4.05. The summed E-state index contributed by atoms with van der Waals surface area (Å²) in [5.41, 5.74) is 2.31. The molecule has 80 valence electrons. The van der Waals surface area contributed by atoms with E-state index in [0.29, 0.717) is 11.8 Å². The Hall–Kier alpha value is -1.31. The van der Waals surface area contributed by atoms with Gasteiger partial charge in [0.15, 0.2) is 5.43 Å². The van der Waals surface area contributed by atoms with Gasteiger partial charge in [0.1, 0.15) is 0 Å². The van der Waals surface area contributed by atoms with Crippen LogP contribution in [0.1, 0.15) is 24.6 Å². The summed E-state index contributed by atoms with van der Waals surface area (Å²) in [5, 5.41) is 0. The summed E-state index contributed by atoms with van der Waals surface area (Å²) in [6, 6.07) is 1.62. The van der Waals surface area contributed by atoms with Gasteiger partial charge < -0.3 is 4.98 Å². The van der Waals surface area contributed by atoms with Crippen LogP contribution in [0.25, 0.3) is 0 Å². The first-order chi connectivity index (χ1) is 7.22. The number of fused-ring (bicyclic) bond motifs is 1. The number of H-pyrrole nitrogens is 1. The van der Waals surface area contributed by atoms with Gasteiger partial charge in [-0.05, 0) is 31.1 Å². The molecule has 1 aromatic heterocycles. The Bertz CT molecular complexity index is 419. The van der Waals surface area contributed by atoms with Gasteiger partial charge in [-0.15, -0.1) is 6.58 Å². The lowest BCUT2D eigenvalue weighted by molar-refractivity contribution is 0.368. The molecule has 0 saturated heterocycles. The number of aryl methyl sites for hydroxylation is 1. The van der Waals surface area contributed by atoms with Gasteiger partial charge in [0, 0.05) is 23.5 Å². The van der Waals surface area contributed by atoms with Gasteiger partial charge in [-0.3, -0.25) is 4.79 Å². The van der Waals surface area contributed by atoms with E-state index >= 15 is 0 Å². The zero-order valence-electron chi connectivity index (χ0n) is 9.12. The molecule has 2 nitrogen and oxygen atoms in total. The van der Waals surface area contributed by atoms with Gasteiger partial charge in [0.05, 0.1) is 0 Å². The molecule has 0 aromatic carbocycles. The molecule has 0 amide bonds. The molecular weight excluding hydrogens is 186 g/mol. The second-order valence-electron chi connectivity index (χ2n) is 4.40. The quantitative estimate of drug-likeness (QED) is 0.735. The van der Waals surface area contributed by atoms with Crippen LogP contribution in [0.2, 0.25) is 0 Å². The molecule has 2 atom stereocenters. The molecule has 1 aliphatic rings. The van der Waals surface area contributed by atoms with Crippen molar-refractivity contribution in [3.63, 3.8) is 0 Å². The summed E-state index contributed by atoms with van der Waals surface area (Å²) in [5.74, 6) is 1.08. The van der Waals surface area contributed by atoms with Crippen molar-refractivity contribution in [2.24, 2.45) is 11.8 Å². The van der Waals surface area contributed by atoms with E-state index in [9.17, 15) is 4.79 Å². The third kappa shape index (κ3) is 1.89. The smallest absolute Gasteiger partial charge is 0.185 e. The van der Waals surface area contributed by atoms with Crippen molar-refractivity contribution < 1.29 is 0 Å². The Morgan fingerprint density at radius 2 is 2.47 bits per heavy atom. The lowest BCUT2D eigenvalue weighted by Gasteiger charge is -2.26. The zero-order chi connectivity index (χ0) is 10.8. The molecule has 1 aromatic rings. The molecule has 0 bridgehead atoms. The van der Waals surface area contributed by atoms with Crippen LogP contribution in [0.4, 0.5) is 0 Å². The van der Waals surface area contributed by atoms with Crippen molar-refractivity contribution >= 4 is 0 Å². The molecule has 2 rings (SSSR count). The minimum Gasteiger partial charge on any atom is -0.365 e. The van der Waals surface area contributed by atoms with Crippen LogP contribution in [0, 0.1) is 11.8 Å². The molecule has 0 saturated carbocycles. The Morgan fingerprint density at radius 3 is 3.20 bits per heavy atom. The largest absolute Gasteiger partial charge is 0.365 e. The second-order valence-corrected chi connectivity index (χ2v) is 4.40. The minimum atomic E-state index is 0.185. The Labute approximate surface area is 90.0 Å². The van der Waals surface area contributed by atoms with Crippen LogP contribution in [0.3, 0.4) is 0 Å². The maximum atomic E-state index is 11.7. The van der Waals surface area contributed by atoms with Crippen LogP contribution in [-0.4, -0.2) is 4.98 Å². The van der Waals surface area contributed by atoms with E-state index in [0.717, 1.165) is 30.5 Å². The first kappa shape index (κ1) is 10.2. The van der Waals surface area contributed by atoms with Gasteiger partial charge in [0.25, 0.3) is 0 Å². The van der Waals surface area contributed by atoms with Crippen molar-refractivity contribution in [2.45, 2.75) is 26.2 Å². The molecule has 15 heavy (non-hydrogen) atoms. The van der Waals surface area contributed by atoms with Crippen LogP contribution in [-0.2, 0) is 12.8 Å². The third-order valence-corrected chi connectivity index (χ3v) is 3.50. The molecular formula is C13H17NO. The monoisotopic (exact) mass is 203 g/mol. The van der Waals surface area contributed by atoms with Crippen LogP contribution >= 0.6 is 0 Å². The highest BCUT2D eigenvalue weighted by Gasteiger charge is 2.23. The first-order valence-corrected chi connectivity index (χ1v) is 5.54. The molecule has 1 aliphatic carbocycles. The van der Waals surface area contributed by atoms with E-state index in [4.69, 9.17) is 0 Å². The van der Waals surface area contributed by atoms with Gasteiger partial charge in [-0.25, -0.2) is 0 Å². The van der Waals surface area contributed by atoms with Crippen LogP contribution < -0.4 is 5.43 Å². The number of hydrogen-bond acceptors (Lipinski definition) is 1. The predicted molar refractivity (Wildman–Crippen MR) is 61.9 cm³/mol. The maximum absolute atomic E-state index is 11.7. The zero-order valence-corrected chi connectivity index (χ0v) is 9.12. The maximum Gasteiger partial charge on any atom is 0.185 e. The summed E-state index contributed by atoms with van der Waals surface area (Å²) in [6.45, 7) is 6.01. The number of nitrogens with one attached hydrogen (secondary N) is 1. The van der Waals surface area contributed by atoms with E-state index in [2.05, 4.69) is 18.5 Å². The van der Waals surface area contributed by atoms with Crippen molar-refractivity contribution in [1.82, 2.24) is 4.98 Å². The highest BCUT2D eigenvalue weighted by atomic mass is 16.1. The number of aromatic nitrogens is 1. The van der Waals surface area contributed by atoms with Crippen molar-refractivity contribution in [3.05, 3.63) is 46.4 Å². The third-order valence-electron chi connectivity index (χ3n) is 3.50. The fourth-order valence-electron chi connectivity index (χ4n) is 2.34. The first-order valence-electron chi connectivity index (χ1n) is 5.54. The summed E-state index contributed by atoms with van der Waals surface area (Å²) in [7, 11) is 0. The Morgan fingerprint density at radius 1 is 1.67 bits per heavy atom. The molecule has 1 heterocycles. The van der Waals surface area contributed by atoms with E-state index in [1.54, 1.807) is 12.3 Å². The van der Waals surface area contributed by atoms with Gasteiger partial charge in [-0.1, -0.05) is 13.0 Å². The summed E-state index contributed by atoms with van der Waals surface area (Å²) in [4.78, 5) is 14.9. The van der Waals surface area contributed by atoms with Crippen molar-refractivity contribution in [3.8, 4) is 0 Å². The number of allylic oxidation sites excluding steroid dienone is 1. The average Bonchev–Trinajstić information content (AvgIpc) is 2.28. The van der Waals surface area contributed by atoms with Gasteiger partial charge >= 0.3 is 0 Å². The lowest BCUT2D eigenvalue weighted by atomic mass is 9.79. The molecule has 0 radical (unpaired) electrons. The van der Waals surface area contributed by atoms with E-state index in [1.165, 1.54) is 0 Å². The molecule has 2 heteroatoms. The Balaban J connectivity index is 2.29. The summed E-state index contributed by atoms with van der Waals surface area (Å²) in [6.07, 6.45) is 6.79. The molecule has 0 spiro atoms. The number of rotatable bonds is 2. The predicted octanol–water partition coefficient (Wildman–Crippen LogP) is 2.30. The van der Waals surface area contributed by atoms with Gasteiger partial charge in [0.2, 0.25) is 0 Å². The normalized spacial score (nSPS) is 21.8. The molecule has 2 unspecified atom stereocenters. The standard InChI is InChI=1S/C13H17NO/c1-3-9(2)10-4-5-12-11(8-10)13(15)6-7-14-12/h3,6-7,9-10H,1,4-5,8H2,2H3,(H,14,15). The highest BCUT2D eigenvalue weighted by Crippen LogP contribution is 2.27. The highest BCUT2D eigenvalue weighted by molar-refractivity contribution is 5.23. The topological polar surface area (TPSA) is 32.9 Å². The number of aromatic amines is 1. The fraction of sp³-hybridized carbons (Fsp3) is 0.462. The van der Waals surface area contributed by atoms with Crippen LogP contribution in [0.5, 0.6) is 0 Å².